The minimum Gasteiger partial charge on any atom is -0.493 e. The lowest BCUT2D eigenvalue weighted by atomic mass is 9.74. The minimum absolute atomic E-state index is 0.211. The van der Waals surface area contributed by atoms with E-state index in [4.69, 9.17) is 15.2 Å². The van der Waals surface area contributed by atoms with Crippen LogP contribution in [0.4, 0.5) is 0 Å². The van der Waals surface area contributed by atoms with Crippen LogP contribution in [-0.4, -0.2) is 29.1 Å². The average molecular weight is 281 g/mol. The maximum absolute atomic E-state index is 6.59. The molecule has 1 aromatic heterocycles. The third-order valence-electron chi connectivity index (χ3n) is 4.58. The van der Waals surface area contributed by atoms with Crippen LogP contribution in [-0.2, 0) is 11.8 Å². The Morgan fingerprint density at radius 3 is 2.70 bits per heavy atom. The first-order valence-corrected chi connectivity index (χ1v) is 7.49. The number of hydrogen-bond acceptors (Lipinski definition) is 4. The van der Waals surface area contributed by atoms with Crippen molar-refractivity contribution in [2.45, 2.75) is 51.2 Å². The summed E-state index contributed by atoms with van der Waals surface area (Å²) in [4.78, 5) is 0. The van der Waals surface area contributed by atoms with Crippen molar-refractivity contribution in [2.24, 2.45) is 18.7 Å². The maximum Gasteiger partial charge on any atom is 0.161 e. The van der Waals surface area contributed by atoms with Crippen molar-refractivity contribution in [3.8, 4) is 5.75 Å². The Labute approximate surface area is 121 Å². The highest BCUT2D eigenvalue weighted by Gasteiger charge is 2.43. The van der Waals surface area contributed by atoms with Crippen LogP contribution in [0.5, 0.6) is 5.75 Å². The molecule has 1 saturated carbocycles. The molecule has 5 heteroatoms. The molecule has 0 aromatic carbocycles. The topological polar surface area (TPSA) is 62.3 Å². The van der Waals surface area contributed by atoms with Gasteiger partial charge in [0.25, 0.3) is 0 Å². The third-order valence-corrected chi connectivity index (χ3v) is 4.58. The molecule has 1 unspecified atom stereocenters. The first kappa shape index (κ1) is 15.3. The maximum atomic E-state index is 6.59. The predicted octanol–water partition coefficient (Wildman–Crippen LogP) is 2.41. The number of aromatic nitrogens is 2. The molecule has 0 radical (unpaired) electrons. The van der Waals surface area contributed by atoms with E-state index in [0.717, 1.165) is 43.0 Å². The Hall–Kier alpha value is -1.07. The van der Waals surface area contributed by atoms with E-state index in [1.165, 1.54) is 0 Å². The Balaban J connectivity index is 2.31. The van der Waals surface area contributed by atoms with Gasteiger partial charge in [-0.3, -0.25) is 4.68 Å². The molecule has 1 aliphatic carbocycles. The van der Waals surface area contributed by atoms with Gasteiger partial charge in [0.2, 0.25) is 0 Å². The molecule has 2 rings (SSSR count). The number of methoxy groups -OCH3 is 1. The predicted molar refractivity (Wildman–Crippen MR) is 78.7 cm³/mol. The van der Waals surface area contributed by atoms with Gasteiger partial charge in [0.05, 0.1) is 30.6 Å². The standard InChI is InChI=1S/C15H27N3O2/c1-5-20-15(8-6-11(2)7-9-15)14(16)13-12(19-4)10-17-18(13)3/h10-11,14H,5-9,16H2,1-4H3. The fraction of sp³-hybridized carbons (Fsp3) is 0.800. The van der Waals surface area contributed by atoms with Crippen LogP contribution in [0.3, 0.4) is 0 Å². The van der Waals surface area contributed by atoms with Crippen molar-refractivity contribution >= 4 is 0 Å². The summed E-state index contributed by atoms with van der Waals surface area (Å²) in [6, 6.07) is -0.211. The van der Waals surface area contributed by atoms with Gasteiger partial charge in [-0.05, 0) is 38.5 Å². The molecule has 0 saturated heterocycles. The van der Waals surface area contributed by atoms with Gasteiger partial charge < -0.3 is 15.2 Å². The highest BCUT2D eigenvalue weighted by molar-refractivity contribution is 5.30. The Bertz CT molecular complexity index is 436. The van der Waals surface area contributed by atoms with Crippen LogP contribution in [0.2, 0.25) is 0 Å². The monoisotopic (exact) mass is 281 g/mol. The van der Waals surface area contributed by atoms with E-state index in [1.807, 2.05) is 18.7 Å². The molecule has 1 heterocycles. The second-order valence-corrected chi connectivity index (χ2v) is 5.88. The lowest BCUT2D eigenvalue weighted by Crippen LogP contribution is -2.47. The number of hydrogen-bond donors (Lipinski definition) is 1. The van der Waals surface area contributed by atoms with Crippen LogP contribution in [0.15, 0.2) is 6.20 Å². The van der Waals surface area contributed by atoms with Crippen molar-refractivity contribution in [1.29, 1.82) is 0 Å². The minimum atomic E-state index is -0.289. The summed E-state index contributed by atoms with van der Waals surface area (Å²) in [5.41, 5.74) is 7.23. The number of aryl methyl sites for hydroxylation is 1. The van der Waals surface area contributed by atoms with Crippen molar-refractivity contribution in [3.63, 3.8) is 0 Å². The molecule has 2 N–H and O–H groups in total. The molecule has 1 atom stereocenters. The summed E-state index contributed by atoms with van der Waals surface area (Å²) < 4.78 is 13.3. The molecule has 5 nitrogen and oxygen atoms in total. The first-order valence-electron chi connectivity index (χ1n) is 7.49. The summed E-state index contributed by atoms with van der Waals surface area (Å²) in [5, 5.41) is 4.27. The number of ether oxygens (including phenoxy) is 2. The smallest absolute Gasteiger partial charge is 0.161 e. The van der Waals surface area contributed by atoms with Crippen molar-refractivity contribution < 1.29 is 9.47 Å². The van der Waals surface area contributed by atoms with Crippen LogP contribution in [0, 0.1) is 5.92 Å². The van der Waals surface area contributed by atoms with Gasteiger partial charge in [0, 0.05) is 13.7 Å². The van der Waals surface area contributed by atoms with Crippen LogP contribution in [0.1, 0.15) is 51.3 Å². The molecule has 114 valence electrons. The molecule has 0 aliphatic heterocycles. The summed E-state index contributed by atoms with van der Waals surface area (Å²) in [7, 11) is 3.56. The summed E-state index contributed by atoms with van der Waals surface area (Å²) in [6.07, 6.45) is 6.04. The van der Waals surface area contributed by atoms with E-state index in [9.17, 15) is 0 Å². The van der Waals surface area contributed by atoms with E-state index < -0.39 is 0 Å². The van der Waals surface area contributed by atoms with Crippen molar-refractivity contribution in [2.75, 3.05) is 13.7 Å². The second kappa shape index (κ2) is 6.14. The highest BCUT2D eigenvalue weighted by atomic mass is 16.5. The lowest BCUT2D eigenvalue weighted by Gasteiger charge is -2.43. The molecule has 1 fully saturated rings. The molecule has 0 bridgehead atoms. The van der Waals surface area contributed by atoms with Gasteiger partial charge >= 0.3 is 0 Å². The molecule has 0 amide bonds. The SMILES string of the molecule is CCOC1(C(N)c2c(OC)cnn2C)CCC(C)CC1. The van der Waals surface area contributed by atoms with Crippen molar-refractivity contribution in [1.82, 2.24) is 9.78 Å². The zero-order valence-electron chi connectivity index (χ0n) is 13.1. The molecular weight excluding hydrogens is 254 g/mol. The Morgan fingerprint density at radius 2 is 2.15 bits per heavy atom. The number of nitrogens with two attached hydrogens (primary N) is 1. The quantitative estimate of drug-likeness (QED) is 0.900. The van der Waals surface area contributed by atoms with Crippen LogP contribution in [0.25, 0.3) is 0 Å². The van der Waals surface area contributed by atoms with Gasteiger partial charge in [0.15, 0.2) is 5.75 Å². The lowest BCUT2D eigenvalue weighted by molar-refractivity contribution is -0.0913. The zero-order chi connectivity index (χ0) is 14.8. The molecule has 0 spiro atoms. The normalized spacial score (nSPS) is 28.4. The number of rotatable bonds is 5. The van der Waals surface area contributed by atoms with E-state index in [-0.39, 0.29) is 11.6 Å². The molecule has 20 heavy (non-hydrogen) atoms. The second-order valence-electron chi connectivity index (χ2n) is 5.88. The summed E-state index contributed by atoms with van der Waals surface area (Å²) in [5.74, 6) is 1.50. The molecule has 1 aliphatic rings. The van der Waals surface area contributed by atoms with Crippen LogP contribution < -0.4 is 10.5 Å². The largest absolute Gasteiger partial charge is 0.493 e. The van der Waals surface area contributed by atoms with Gasteiger partial charge in [-0.15, -0.1) is 0 Å². The third kappa shape index (κ3) is 2.69. The summed E-state index contributed by atoms with van der Waals surface area (Å²) in [6.45, 7) is 5.02. The average Bonchev–Trinajstić information content (AvgIpc) is 2.82. The fourth-order valence-corrected chi connectivity index (χ4v) is 3.27. The van der Waals surface area contributed by atoms with Gasteiger partial charge in [0.1, 0.15) is 0 Å². The zero-order valence-corrected chi connectivity index (χ0v) is 13.1. The Kier molecular flexibility index (Phi) is 4.70. The molecule has 1 aromatic rings. The van der Waals surface area contributed by atoms with E-state index >= 15 is 0 Å². The summed E-state index contributed by atoms with van der Waals surface area (Å²) >= 11 is 0. The van der Waals surface area contributed by atoms with Gasteiger partial charge in [-0.1, -0.05) is 6.92 Å². The van der Waals surface area contributed by atoms with Crippen molar-refractivity contribution in [3.05, 3.63) is 11.9 Å². The van der Waals surface area contributed by atoms with E-state index in [1.54, 1.807) is 13.3 Å². The first-order chi connectivity index (χ1) is 9.54. The Morgan fingerprint density at radius 1 is 1.50 bits per heavy atom. The van der Waals surface area contributed by atoms with E-state index in [0.29, 0.717) is 6.61 Å². The highest BCUT2D eigenvalue weighted by Crippen LogP contribution is 2.43. The van der Waals surface area contributed by atoms with Crippen LogP contribution >= 0.6 is 0 Å². The van der Waals surface area contributed by atoms with Gasteiger partial charge in [-0.2, -0.15) is 5.10 Å². The van der Waals surface area contributed by atoms with Gasteiger partial charge in [-0.25, -0.2) is 0 Å². The number of nitrogens with zero attached hydrogens (tertiary/aromatic N) is 2. The van der Waals surface area contributed by atoms with E-state index in [2.05, 4.69) is 12.0 Å². The molecular formula is C15H27N3O2. The fourth-order valence-electron chi connectivity index (χ4n) is 3.27.